The van der Waals surface area contributed by atoms with Crippen molar-refractivity contribution < 1.29 is 9.53 Å². The van der Waals surface area contributed by atoms with Crippen LogP contribution in [0.4, 0.5) is 10.8 Å². The number of carbonyl (C=O) groups excluding carboxylic acids is 1. The van der Waals surface area contributed by atoms with Crippen molar-refractivity contribution in [1.29, 1.82) is 5.26 Å². The molecule has 5 saturated heterocycles. The standard InChI is InChI=1S/C31H34N10O2S/c1-31(17-43-18-31)35-25-11-26(27-4-3-21-9-19(12-32)13-34-41(21)27)33-14-24(25)28-36-37-30(44-28)39-15-22-10-23(16-39)40(22)29(42)20-5-7-38(2)8-6-20/h3-4,9,11,13-14,20,22-23H,5-8,10,15-18H2,1-2H3,(H,33,35). The molecule has 1 N–H and O–H groups in total. The molecule has 1 amide bonds. The van der Waals surface area contributed by atoms with Crippen molar-refractivity contribution in [1.82, 2.24) is 34.6 Å². The maximum absolute atomic E-state index is 13.4. The quantitative estimate of drug-likeness (QED) is 0.348. The molecule has 13 heteroatoms. The molecule has 2 unspecified atom stereocenters. The predicted octanol–water partition coefficient (Wildman–Crippen LogP) is 3.12. The van der Waals surface area contributed by atoms with Crippen LogP contribution in [0.3, 0.4) is 0 Å². The van der Waals surface area contributed by atoms with Crippen LogP contribution in [0.25, 0.3) is 27.5 Å². The fourth-order valence-corrected chi connectivity index (χ4v) is 7.86. The average Bonchev–Trinajstić information content (AvgIpc) is 3.68. The number of amides is 1. The van der Waals surface area contributed by atoms with E-state index in [1.54, 1.807) is 22.0 Å². The van der Waals surface area contributed by atoms with E-state index >= 15 is 0 Å². The highest BCUT2D eigenvalue weighted by molar-refractivity contribution is 7.18. The minimum Gasteiger partial charge on any atom is -0.376 e. The highest BCUT2D eigenvalue weighted by Gasteiger charge is 2.49. The number of likely N-dealkylation sites (tertiary alicyclic amines) is 1. The molecule has 0 radical (unpaired) electrons. The summed E-state index contributed by atoms with van der Waals surface area (Å²) in [4.78, 5) is 24.9. The number of rotatable bonds is 6. The Hall–Kier alpha value is -4.12. The molecule has 5 fully saturated rings. The fourth-order valence-electron chi connectivity index (χ4n) is 6.97. The molecular formula is C31H34N10O2S. The first-order valence-corrected chi connectivity index (χ1v) is 16.0. The molecule has 4 aromatic heterocycles. The van der Waals surface area contributed by atoms with Crippen LogP contribution < -0.4 is 10.2 Å². The highest BCUT2D eigenvalue weighted by Crippen LogP contribution is 2.41. The topological polar surface area (TPSA) is 128 Å². The molecule has 0 spiro atoms. The van der Waals surface area contributed by atoms with Crippen LogP contribution in [0.2, 0.25) is 0 Å². The molecule has 5 aliphatic rings. The molecule has 9 heterocycles. The summed E-state index contributed by atoms with van der Waals surface area (Å²) < 4.78 is 7.32. The number of piperidine rings is 2. The van der Waals surface area contributed by atoms with E-state index in [2.05, 4.69) is 55.4 Å². The van der Waals surface area contributed by atoms with Gasteiger partial charge in [-0.15, -0.1) is 10.2 Å². The third-order valence-corrected chi connectivity index (χ3v) is 10.5. The first-order chi connectivity index (χ1) is 21.4. The van der Waals surface area contributed by atoms with E-state index in [1.807, 2.05) is 30.5 Å². The Morgan fingerprint density at radius 2 is 1.93 bits per heavy atom. The number of hydrogen-bond donors (Lipinski definition) is 1. The zero-order chi connectivity index (χ0) is 30.0. The number of carbonyl (C=O) groups is 1. The molecule has 44 heavy (non-hydrogen) atoms. The minimum absolute atomic E-state index is 0.163. The van der Waals surface area contributed by atoms with Crippen LogP contribution in [-0.2, 0) is 9.53 Å². The number of ether oxygens (including phenoxy) is 1. The monoisotopic (exact) mass is 610 g/mol. The van der Waals surface area contributed by atoms with Gasteiger partial charge >= 0.3 is 0 Å². The lowest BCUT2D eigenvalue weighted by Gasteiger charge is -2.57. The maximum Gasteiger partial charge on any atom is 0.226 e. The van der Waals surface area contributed by atoms with Gasteiger partial charge in [0.05, 0.1) is 65.1 Å². The van der Waals surface area contributed by atoms with Crippen LogP contribution in [0, 0.1) is 17.2 Å². The Labute approximate surface area is 259 Å². The number of aromatic nitrogens is 5. The Morgan fingerprint density at radius 3 is 2.66 bits per heavy atom. The second kappa shape index (κ2) is 10.5. The van der Waals surface area contributed by atoms with Crippen molar-refractivity contribution in [3.05, 3.63) is 42.2 Å². The van der Waals surface area contributed by atoms with Gasteiger partial charge in [-0.05, 0) is 70.6 Å². The summed E-state index contributed by atoms with van der Waals surface area (Å²) in [5.74, 6) is 0.514. The molecule has 2 atom stereocenters. The molecule has 12 nitrogen and oxygen atoms in total. The molecule has 0 saturated carbocycles. The molecular weight excluding hydrogens is 576 g/mol. The second-order valence-corrected chi connectivity index (χ2v) is 13.8. The van der Waals surface area contributed by atoms with Gasteiger partial charge in [-0.1, -0.05) is 11.3 Å². The number of pyridine rings is 1. The third kappa shape index (κ3) is 4.68. The number of nitriles is 1. The fraction of sp³-hybridized carbons (Fsp3) is 0.484. The number of fused-ring (bicyclic) bond motifs is 3. The summed E-state index contributed by atoms with van der Waals surface area (Å²) in [7, 11) is 2.13. The predicted molar refractivity (Wildman–Crippen MR) is 166 cm³/mol. The first-order valence-electron chi connectivity index (χ1n) is 15.2. The molecule has 4 aromatic rings. The zero-order valence-electron chi connectivity index (χ0n) is 24.8. The van der Waals surface area contributed by atoms with Gasteiger partial charge in [0.25, 0.3) is 0 Å². The van der Waals surface area contributed by atoms with Gasteiger partial charge in [0, 0.05) is 30.9 Å². The lowest BCUT2D eigenvalue weighted by atomic mass is 9.84. The summed E-state index contributed by atoms with van der Waals surface area (Å²) in [5.41, 5.74) is 4.53. The van der Waals surface area contributed by atoms with Crippen molar-refractivity contribution in [2.75, 3.05) is 56.7 Å². The van der Waals surface area contributed by atoms with Gasteiger partial charge in [-0.25, -0.2) is 4.52 Å². The van der Waals surface area contributed by atoms with E-state index in [9.17, 15) is 10.1 Å². The van der Waals surface area contributed by atoms with Crippen LogP contribution >= 0.6 is 11.3 Å². The maximum atomic E-state index is 13.4. The third-order valence-electron chi connectivity index (χ3n) is 9.50. The van der Waals surface area contributed by atoms with E-state index in [1.165, 1.54) is 0 Å². The highest BCUT2D eigenvalue weighted by atomic mass is 32.1. The second-order valence-electron chi connectivity index (χ2n) is 12.9. The lowest BCUT2D eigenvalue weighted by Crippen LogP contribution is -2.71. The normalized spacial score (nSPS) is 23.2. The van der Waals surface area contributed by atoms with Crippen LogP contribution in [0.1, 0.15) is 31.7 Å². The number of anilines is 2. The van der Waals surface area contributed by atoms with Crippen molar-refractivity contribution in [3.63, 3.8) is 0 Å². The Balaban J connectivity index is 1.04. The average molecular weight is 611 g/mol. The lowest BCUT2D eigenvalue weighted by molar-refractivity contribution is -0.152. The van der Waals surface area contributed by atoms with E-state index < -0.39 is 0 Å². The molecule has 0 aliphatic carbocycles. The van der Waals surface area contributed by atoms with Gasteiger partial charge < -0.3 is 24.8 Å². The van der Waals surface area contributed by atoms with Crippen LogP contribution in [-0.4, -0.2) is 105 Å². The van der Waals surface area contributed by atoms with Crippen molar-refractivity contribution >= 4 is 33.6 Å². The molecule has 9 rings (SSSR count). The van der Waals surface area contributed by atoms with Gasteiger partial charge in [-0.2, -0.15) is 10.4 Å². The minimum atomic E-state index is -0.194. The smallest absolute Gasteiger partial charge is 0.226 e. The number of piperazine rings is 1. The van der Waals surface area contributed by atoms with Gasteiger partial charge in [-0.3, -0.25) is 9.78 Å². The van der Waals surface area contributed by atoms with Crippen LogP contribution in [0.5, 0.6) is 0 Å². The van der Waals surface area contributed by atoms with Crippen molar-refractivity contribution in [2.45, 2.75) is 43.8 Å². The summed E-state index contributed by atoms with van der Waals surface area (Å²) in [5, 5.41) is 28.3. The summed E-state index contributed by atoms with van der Waals surface area (Å²) in [6.07, 6.45) is 6.41. The summed E-state index contributed by atoms with van der Waals surface area (Å²) >= 11 is 1.56. The van der Waals surface area contributed by atoms with Crippen molar-refractivity contribution in [2.24, 2.45) is 5.92 Å². The SMILES string of the molecule is CN1CCC(C(=O)N2C3CC2CN(c2nnc(-c4cnc(-c5ccc6cc(C#N)cnn56)cc4NC4(C)COC4)s2)C3)CC1. The van der Waals surface area contributed by atoms with E-state index in [0.29, 0.717) is 24.7 Å². The van der Waals surface area contributed by atoms with Gasteiger partial charge in [0.15, 0.2) is 5.01 Å². The Kier molecular flexibility index (Phi) is 6.55. The van der Waals surface area contributed by atoms with E-state index in [0.717, 1.165) is 83.7 Å². The van der Waals surface area contributed by atoms with Gasteiger partial charge in [0.2, 0.25) is 11.0 Å². The van der Waals surface area contributed by atoms with Crippen molar-refractivity contribution in [3.8, 4) is 28.0 Å². The molecule has 5 aliphatic heterocycles. The number of hydrogen-bond acceptors (Lipinski definition) is 11. The molecule has 226 valence electrons. The Bertz CT molecular complexity index is 1770. The van der Waals surface area contributed by atoms with Gasteiger partial charge in [0.1, 0.15) is 6.07 Å². The number of nitrogens with one attached hydrogen (secondary N) is 1. The molecule has 2 bridgehead atoms. The van der Waals surface area contributed by atoms with E-state index in [4.69, 9.17) is 9.72 Å². The molecule has 0 aromatic carbocycles. The van der Waals surface area contributed by atoms with Crippen LogP contribution in [0.15, 0.2) is 36.7 Å². The largest absolute Gasteiger partial charge is 0.376 e. The summed E-state index contributed by atoms with van der Waals surface area (Å²) in [6, 6.07) is 10.4. The summed E-state index contributed by atoms with van der Waals surface area (Å²) in [6.45, 7) is 6.96. The Morgan fingerprint density at radius 1 is 1.14 bits per heavy atom. The number of nitrogens with zero attached hydrogens (tertiary/aromatic N) is 9. The zero-order valence-corrected chi connectivity index (χ0v) is 25.6. The first kappa shape index (κ1) is 27.4. The van der Waals surface area contributed by atoms with E-state index in [-0.39, 0.29) is 23.5 Å².